The predicted molar refractivity (Wildman–Crippen MR) is 71.9 cm³/mol. The number of hydrogen-bond acceptors (Lipinski definition) is 6. The van der Waals surface area contributed by atoms with Crippen LogP contribution in [0.25, 0.3) is 0 Å². The molecule has 7 nitrogen and oxygen atoms in total. The molecule has 0 aliphatic carbocycles. The van der Waals surface area contributed by atoms with Crippen LogP contribution in [0.4, 0.5) is 0 Å². The van der Waals surface area contributed by atoms with E-state index in [1.807, 2.05) is 18.4 Å². The van der Waals surface area contributed by atoms with Gasteiger partial charge in [0.25, 0.3) is 0 Å². The second-order valence-corrected chi connectivity index (χ2v) is 5.77. The third kappa shape index (κ3) is 4.48. The molecule has 0 spiro atoms. The van der Waals surface area contributed by atoms with Gasteiger partial charge in [-0.3, -0.25) is 4.79 Å². The van der Waals surface area contributed by atoms with Gasteiger partial charge in [-0.1, -0.05) is 11.8 Å². The Kier molecular flexibility index (Phi) is 5.77. The molecule has 0 bridgehead atoms. The van der Waals surface area contributed by atoms with Gasteiger partial charge in [-0.15, -0.1) is 10.2 Å². The number of carbonyl (C=O) groups excluding carboxylic acids is 1. The van der Waals surface area contributed by atoms with Gasteiger partial charge >= 0.3 is 0 Å². The number of carbonyl (C=O) groups is 1. The molecule has 0 aromatic carbocycles. The fourth-order valence-corrected chi connectivity index (χ4v) is 2.17. The highest BCUT2D eigenvalue weighted by molar-refractivity contribution is 7.99. The van der Waals surface area contributed by atoms with Gasteiger partial charge in [0, 0.05) is 6.04 Å². The first kappa shape index (κ1) is 15.9. The summed E-state index contributed by atoms with van der Waals surface area (Å²) in [6, 6.07) is 0.223. The van der Waals surface area contributed by atoms with Crippen LogP contribution in [0.3, 0.4) is 0 Å². The maximum absolute atomic E-state index is 11.7. The van der Waals surface area contributed by atoms with E-state index >= 15 is 0 Å². The molecule has 0 unspecified atom stereocenters. The highest BCUT2D eigenvalue weighted by atomic mass is 32.2. The number of aromatic nitrogens is 3. The number of aliphatic hydroxyl groups is 2. The summed E-state index contributed by atoms with van der Waals surface area (Å²) in [6.07, 6.45) is 1.62. The lowest BCUT2D eigenvalue weighted by Crippen LogP contribution is -2.52. The number of hydrogen-bond donors (Lipinski definition) is 3. The van der Waals surface area contributed by atoms with E-state index in [0.29, 0.717) is 5.16 Å². The van der Waals surface area contributed by atoms with Crippen LogP contribution in [-0.2, 0) is 4.79 Å². The van der Waals surface area contributed by atoms with E-state index < -0.39 is 5.54 Å². The molecule has 108 valence electrons. The molecule has 0 aliphatic rings. The first-order valence-corrected chi connectivity index (χ1v) is 6.95. The molecule has 1 heterocycles. The van der Waals surface area contributed by atoms with E-state index in [9.17, 15) is 4.79 Å². The zero-order chi connectivity index (χ0) is 14.5. The Balaban J connectivity index is 2.53. The van der Waals surface area contributed by atoms with Gasteiger partial charge in [-0.05, 0) is 20.8 Å². The van der Waals surface area contributed by atoms with Crippen LogP contribution in [0.1, 0.15) is 26.8 Å². The zero-order valence-electron chi connectivity index (χ0n) is 11.3. The Morgan fingerprint density at radius 3 is 2.68 bits per heavy atom. The molecule has 0 atom stereocenters. The Morgan fingerprint density at radius 2 is 2.16 bits per heavy atom. The van der Waals surface area contributed by atoms with Crippen LogP contribution >= 0.6 is 11.8 Å². The van der Waals surface area contributed by atoms with Crippen molar-refractivity contribution in [3.8, 4) is 0 Å². The second-order valence-electron chi connectivity index (χ2n) is 4.83. The van der Waals surface area contributed by atoms with Crippen LogP contribution in [0.2, 0.25) is 0 Å². The Hall–Kier alpha value is -1.12. The average molecular weight is 288 g/mol. The van der Waals surface area contributed by atoms with Crippen molar-refractivity contribution in [2.75, 3.05) is 19.0 Å². The average Bonchev–Trinajstić information content (AvgIpc) is 2.84. The molecule has 0 fully saturated rings. The summed E-state index contributed by atoms with van der Waals surface area (Å²) < 4.78 is 1.87. The highest BCUT2D eigenvalue weighted by Crippen LogP contribution is 2.18. The first-order valence-electron chi connectivity index (χ1n) is 5.97. The number of nitrogens with one attached hydrogen (secondary N) is 1. The topological polar surface area (TPSA) is 100 Å². The Bertz CT molecular complexity index is 418. The monoisotopic (exact) mass is 288 g/mol. The third-order valence-electron chi connectivity index (χ3n) is 2.57. The first-order chi connectivity index (χ1) is 8.91. The van der Waals surface area contributed by atoms with Crippen LogP contribution in [0, 0.1) is 0 Å². The molecule has 19 heavy (non-hydrogen) atoms. The van der Waals surface area contributed by atoms with Gasteiger partial charge in [0.1, 0.15) is 6.33 Å². The van der Waals surface area contributed by atoms with Crippen LogP contribution < -0.4 is 5.32 Å². The molecular weight excluding hydrogens is 268 g/mol. The zero-order valence-corrected chi connectivity index (χ0v) is 12.1. The summed E-state index contributed by atoms with van der Waals surface area (Å²) in [4.78, 5) is 11.7. The SMILES string of the molecule is CC(C)n1cnnc1SCC(=O)NC(C)(CO)CO. The number of thioether (sulfide) groups is 1. The number of rotatable bonds is 7. The van der Waals surface area contributed by atoms with E-state index in [4.69, 9.17) is 10.2 Å². The van der Waals surface area contributed by atoms with Gasteiger partial charge in [-0.2, -0.15) is 0 Å². The van der Waals surface area contributed by atoms with Gasteiger partial charge in [0.15, 0.2) is 5.16 Å². The van der Waals surface area contributed by atoms with Crippen molar-refractivity contribution in [1.82, 2.24) is 20.1 Å². The number of amides is 1. The molecule has 8 heteroatoms. The summed E-state index contributed by atoms with van der Waals surface area (Å²) >= 11 is 1.27. The summed E-state index contributed by atoms with van der Waals surface area (Å²) in [5.74, 6) is -0.116. The van der Waals surface area contributed by atoms with E-state index in [1.54, 1.807) is 13.3 Å². The highest BCUT2D eigenvalue weighted by Gasteiger charge is 2.24. The van der Waals surface area contributed by atoms with Crippen LogP contribution in [-0.4, -0.2) is 55.4 Å². The maximum Gasteiger partial charge on any atom is 0.231 e. The van der Waals surface area contributed by atoms with E-state index in [0.717, 1.165) is 0 Å². The molecule has 3 N–H and O–H groups in total. The smallest absolute Gasteiger partial charge is 0.231 e. The molecule has 0 saturated carbocycles. The minimum Gasteiger partial charge on any atom is -0.394 e. The van der Waals surface area contributed by atoms with Crippen molar-refractivity contribution >= 4 is 17.7 Å². The van der Waals surface area contributed by atoms with Gasteiger partial charge in [0.2, 0.25) is 5.91 Å². The quantitative estimate of drug-likeness (QED) is 0.601. The predicted octanol–water partition coefficient (Wildman–Crippen LogP) is -0.189. The number of aliphatic hydroxyl groups excluding tert-OH is 2. The van der Waals surface area contributed by atoms with E-state index in [2.05, 4.69) is 15.5 Å². The normalized spacial score (nSPS) is 11.9. The standard InChI is InChI=1S/C11H20N4O3S/c1-8(2)15-7-12-14-10(15)19-4-9(18)13-11(3,5-16)6-17/h7-8,16-17H,4-6H2,1-3H3,(H,13,18). The van der Waals surface area contributed by atoms with Gasteiger partial charge in [-0.25, -0.2) is 0 Å². The summed E-state index contributed by atoms with van der Waals surface area (Å²) in [5, 5.41) is 29.2. The van der Waals surface area contributed by atoms with E-state index in [1.165, 1.54) is 11.8 Å². The molecule has 0 radical (unpaired) electrons. The lowest BCUT2D eigenvalue weighted by atomic mass is 10.1. The molecule has 1 aromatic rings. The summed E-state index contributed by atoms with van der Waals surface area (Å²) in [7, 11) is 0. The lowest BCUT2D eigenvalue weighted by Gasteiger charge is -2.26. The molecule has 1 amide bonds. The third-order valence-corrected chi connectivity index (χ3v) is 3.53. The minimum atomic E-state index is -0.997. The largest absolute Gasteiger partial charge is 0.394 e. The molecule has 1 rings (SSSR count). The van der Waals surface area contributed by atoms with Crippen molar-refractivity contribution in [3.05, 3.63) is 6.33 Å². The van der Waals surface area contributed by atoms with Crippen molar-refractivity contribution in [2.24, 2.45) is 0 Å². The molecular formula is C11H20N4O3S. The van der Waals surface area contributed by atoms with Crippen molar-refractivity contribution in [3.63, 3.8) is 0 Å². The molecule has 0 saturated heterocycles. The fraction of sp³-hybridized carbons (Fsp3) is 0.727. The fourth-order valence-electron chi connectivity index (χ4n) is 1.32. The van der Waals surface area contributed by atoms with Gasteiger partial charge < -0.3 is 20.1 Å². The Morgan fingerprint density at radius 1 is 1.53 bits per heavy atom. The number of nitrogens with zero attached hydrogens (tertiary/aromatic N) is 3. The van der Waals surface area contributed by atoms with Crippen LogP contribution in [0.5, 0.6) is 0 Å². The van der Waals surface area contributed by atoms with Crippen LogP contribution in [0.15, 0.2) is 11.5 Å². The second kappa shape index (κ2) is 6.88. The Labute approximate surface area is 116 Å². The molecule has 1 aromatic heterocycles. The van der Waals surface area contributed by atoms with Crippen molar-refractivity contribution < 1.29 is 15.0 Å². The summed E-state index contributed by atoms with van der Waals surface area (Å²) in [5.41, 5.74) is -0.997. The lowest BCUT2D eigenvalue weighted by molar-refractivity contribution is -0.121. The van der Waals surface area contributed by atoms with Crippen molar-refractivity contribution in [1.29, 1.82) is 0 Å². The van der Waals surface area contributed by atoms with Crippen molar-refractivity contribution in [2.45, 2.75) is 37.5 Å². The maximum atomic E-state index is 11.7. The van der Waals surface area contributed by atoms with E-state index in [-0.39, 0.29) is 30.9 Å². The van der Waals surface area contributed by atoms with Gasteiger partial charge in [0.05, 0.1) is 24.5 Å². The molecule has 0 aliphatic heterocycles. The summed E-state index contributed by atoms with van der Waals surface area (Å²) in [6.45, 7) is 4.94. The minimum absolute atomic E-state index is 0.154.